The smallest absolute Gasteiger partial charge is 0.328 e. The number of fused-ring (bicyclic) bond motifs is 1. The molecule has 2 aromatic heterocycles. The highest BCUT2D eigenvalue weighted by Gasteiger charge is 2.14. The summed E-state index contributed by atoms with van der Waals surface area (Å²) in [6, 6.07) is 9.37. The number of rotatable bonds is 3. The Morgan fingerprint density at radius 2 is 2.05 bits per heavy atom. The van der Waals surface area contributed by atoms with Gasteiger partial charge in [-0.15, -0.1) is 0 Å². The second-order valence-electron chi connectivity index (χ2n) is 4.02. The van der Waals surface area contributed by atoms with Crippen molar-refractivity contribution in [2.45, 2.75) is 0 Å². The summed E-state index contributed by atoms with van der Waals surface area (Å²) in [6.07, 6.45) is 5.68. The van der Waals surface area contributed by atoms with Gasteiger partial charge in [0.25, 0.3) is 0 Å². The highest BCUT2D eigenvalue weighted by Crippen LogP contribution is 2.35. The van der Waals surface area contributed by atoms with E-state index in [9.17, 15) is 4.79 Å². The van der Waals surface area contributed by atoms with Crippen LogP contribution in [0, 0.1) is 0 Å². The van der Waals surface area contributed by atoms with E-state index < -0.39 is 5.97 Å². The number of benzene rings is 1. The molecule has 0 amide bonds. The first-order valence-corrected chi connectivity index (χ1v) is 5.71. The van der Waals surface area contributed by atoms with Gasteiger partial charge in [-0.2, -0.15) is 0 Å². The Balaban J connectivity index is 2.26. The standard InChI is InChI=1S/C15H10O4/c16-14(17)6-5-13-15(10-7-8-18-9-10)11-3-1-2-4-12(11)19-13/h1-9H,(H,16,17). The van der Waals surface area contributed by atoms with Gasteiger partial charge in [-0.25, -0.2) is 4.79 Å². The Kier molecular flexibility index (Phi) is 2.68. The first-order chi connectivity index (χ1) is 9.25. The average Bonchev–Trinajstić information content (AvgIpc) is 3.02. The molecule has 0 saturated heterocycles. The fraction of sp³-hybridized carbons (Fsp3) is 0. The minimum Gasteiger partial charge on any atom is -0.478 e. The van der Waals surface area contributed by atoms with Gasteiger partial charge in [0.15, 0.2) is 0 Å². The van der Waals surface area contributed by atoms with Crippen molar-refractivity contribution in [2.24, 2.45) is 0 Å². The van der Waals surface area contributed by atoms with Crippen LogP contribution in [0.25, 0.3) is 28.2 Å². The lowest BCUT2D eigenvalue weighted by Crippen LogP contribution is -1.85. The van der Waals surface area contributed by atoms with Gasteiger partial charge >= 0.3 is 5.97 Å². The van der Waals surface area contributed by atoms with E-state index in [0.717, 1.165) is 22.6 Å². The lowest BCUT2D eigenvalue weighted by Gasteiger charge is -1.94. The molecule has 0 spiro atoms. The van der Waals surface area contributed by atoms with E-state index in [1.54, 1.807) is 12.5 Å². The van der Waals surface area contributed by atoms with Gasteiger partial charge in [0.1, 0.15) is 11.3 Å². The summed E-state index contributed by atoms with van der Waals surface area (Å²) >= 11 is 0. The number of aliphatic carboxylic acids is 1. The lowest BCUT2D eigenvalue weighted by molar-refractivity contribution is -0.131. The Morgan fingerprint density at radius 1 is 1.21 bits per heavy atom. The molecule has 0 fully saturated rings. The van der Waals surface area contributed by atoms with Gasteiger partial charge in [0.05, 0.1) is 12.5 Å². The molecule has 2 heterocycles. The predicted octanol–water partition coefficient (Wildman–Crippen LogP) is 3.79. The third-order valence-corrected chi connectivity index (χ3v) is 2.81. The van der Waals surface area contributed by atoms with Crippen LogP contribution in [0.3, 0.4) is 0 Å². The molecule has 0 aliphatic carbocycles. The van der Waals surface area contributed by atoms with Crippen LogP contribution in [0.2, 0.25) is 0 Å². The van der Waals surface area contributed by atoms with Gasteiger partial charge in [-0.1, -0.05) is 18.2 Å². The van der Waals surface area contributed by atoms with Gasteiger partial charge in [0.2, 0.25) is 0 Å². The molecule has 0 bridgehead atoms. The molecular formula is C15H10O4. The van der Waals surface area contributed by atoms with Crippen LogP contribution in [-0.2, 0) is 4.79 Å². The summed E-state index contributed by atoms with van der Waals surface area (Å²) < 4.78 is 10.8. The van der Waals surface area contributed by atoms with Crippen molar-refractivity contribution in [1.82, 2.24) is 0 Å². The Morgan fingerprint density at radius 3 is 2.79 bits per heavy atom. The Bertz CT molecular complexity index is 748. The van der Waals surface area contributed by atoms with Crippen molar-refractivity contribution < 1.29 is 18.7 Å². The van der Waals surface area contributed by atoms with Crippen LogP contribution < -0.4 is 0 Å². The first-order valence-electron chi connectivity index (χ1n) is 5.71. The van der Waals surface area contributed by atoms with Gasteiger partial charge in [-0.3, -0.25) is 0 Å². The molecule has 0 aliphatic heterocycles. The molecule has 3 aromatic rings. The largest absolute Gasteiger partial charge is 0.478 e. The van der Waals surface area contributed by atoms with Crippen LogP contribution in [-0.4, -0.2) is 11.1 Å². The third-order valence-electron chi connectivity index (χ3n) is 2.81. The Labute approximate surface area is 108 Å². The predicted molar refractivity (Wildman–Crippen MR) is 70.6 cm³/mol. The SMILES string of the molecule is O=C(O)C=Cc1oc2ccccc2c1-c1ccoc1. The maximum Gasteiger partial charge on any atom is 0.328 e. The molecule has 0 saturated carbocycles. The summed E-state index contributed by atoms with van der Waals surface area (Å²) in [6.45, 7) is 0. The minimum atomic E-state index is -1.02. The van der Waals surface area contributed by atoms with Crippen LogP contribution in [0.1, 0.15) is 5.76 Å². The number of para-hydroxylation sites is 1. The zero-order valence-corrected chi connectivity index (χ0v) is 9.87. The molecule has 1 N–H and O–H groups in total. The van der Waals surface area contributed by atoms with E-state index >= 15 is 0 Å². The molecule has 0 radical (unpaired) electrons. The summed E-state index contributed by atoms with van der Waals surface area (Å²) in [5.41, 5.74) is 2.40. The number of hydrogen-bond donors (Lipinski definition) is 1. The quantitative estimate of drug-likeness (QED) is 0.722. The van der Waals surface area contributed by atoms with Crippen molar-refractivity contribution >= 4 is 23.0 Å². The molecule has 0 atom stereocenters. The van der Waals surface area contributed by atoms with Crippen molar-refractivity contribution in [3.63, 3.8) is 0 Å². The molecule has 3 rings (SSSR count). The number of hydrogen-bond acceptors (Lipinski definition) is 3. The van der Waals surface area contributed by atoms with E-state index in [4.69, 9.17) is 13.9 Å². The van der Waals surface area contributed by atoms with E-state index in [-0.39, 0.29) is 0 Å². The first kappa shape index (κ1) is 11.3. The number of carbonyl (C=O) groups is 1. The fourth-order valence-electron chi connectivity index (χ4n) is 2.03. The van der Waals surface area contributed by atoms with Crippen LogP contribution in [0.15, 0.2) is 57.8 Å². The normalized spacial score (nSPS) is 11.4. The second kappa shape index (κ2) is 4.49. The minimum absolute atomic E-state index is 0.505. The zero-order valence-electron chi connectivity index (χ0n) is 9.87. The van der Waals surface area contributed by atoms with E-state index in [2.05, 4.69) is 0 Å². The van der Waals surface area contributed by atoms with Gasteiger partial charge in [-0.05, 0) is 18.2 Å². The summed E-state index contributed by atoms with van der Waals surface area (Å²) in [5, 5.41) is 9.65. The Hall–Kier alpha value is -2.75. The number of carboxylic acids is 1. The molecule has 0 unspecified atom stereocenters. The highest BCUT2D eigenvalue weighted by molar-refractivity contribution is 5.99. The van der Waals surface area contributed by atoms with Crippen molar-refractivity contribution in [2.75, 3.05) is 0 Å². The van der Waals surface area contributed by atoms with E-state index in [1.165, 1.54) is 6.08 Å². The van der Waals surface area contributed by atoms with Crippen LogP contribution >= 0.6 is 0 Å². The highest BCUT2D eigenvalue weighted by atomic mass is 16.4. The van der Waals surface area contributed by atoms with Crippen molar-refractivity contribution in [3.8, 4) is 11.1 Å². The number of carboxylic acid groups (broad SMARTS) is 1. The van der Waals surface area contributed by atoms with Crippen LogP contribution in [0.4, 0.5) is 0 Å². The molecular weight excluding hydrogens is 244 g/mol. The second-order valence-corrected chi connectivity index (χ2v) is 4.02. The topological polar surface area (TPSA) is 63.6 Å². The fourth-order valence-corrected chi connectivity index (χ4v) is 2.03. The molecule has 4 nitrogen and oxygen atoms in total. The maximum atomic E-state index is 10.6. The zero-order chi connectivity index (χ0) is 13.2. The van der Waals surface area contributed by atoms with Gasteiger partial charge in [0, 0.05) is 22.6 Å². The summed E-state index contributed by atoms with van der Waals surface area (Å²) in [5.74, 6) is -0.511. The molecule has 0 aliphatic rings. The van der Waals surface area contributed by atoms with E-state index in [0.29, 0.717) is 11.3 Å². The lowest BCUT2D eigenvalue weighted by atomic mass is 10.0. The molecule has 1 aromatic carbocycles. The van der Waals surface area contributed by atoms with Gasteiger partial charge < -0.3 is 13.9 Å². The number of furan rings is 2. The monoisotopic (exact) mass is 254 g/mol. The maximum absolute atomic E-state index is 10.6. The molecule has 19 heavy (non-hydrogen) atoms. The summed E-state index contributed by atoms with van der Waals surface area (Å²) in [4.78, 5) is 10.6. The molecule has 94 valence electrons. The summed E-state index contributed by atoms with van der Waals surface area (Å²) in [7, 11) is 0. The molecule has 4 heteroatoms. The van der Waals surface area contributed by atoms with E-state index in [1.807, 2.05) is 30.3 Å². The van der Waals surface area contributed by atoms with Crippen LogP contribution in [0.5, 0.6) is 0 Å². The average molecular weight is 254 g/mol. The van der Waals surface area contributed by atoms with Crippen molar-refractivity contribution in [1.29, 1.82) is 0 Å². The third kappa shape index (κ3) is 2.04. The van der Waals surface area contributed by atoms with Crippen molar-refractivity contribution in [3.05, 3.63) is 54.7 Å².